The topological polar surface area (TPSA) is 60.1 Å². The van der Waals surface area contributed by atoms with E-state index in [1.807, 2.05) is 33.9 Å². The highest BCUT2D eigenvalue weighted by Crippen LogP contribution is 2.14. The van der Waals surface area contributed by atoms with Crippen molar-refractivity contribution in [3.8, 4) is 0 Å². The van der Waals surface area contributed by atoms with Gasteiger partial charge in [-0.05, 0) is 26.8 Å². The molecule has 0 radical (unpaired) electrons. The molecule has 0 saturated heterocycles. The molecule has 2 aromatic rings. The van der Waals surface area contributed by atoms with Crippen molar-refractivity contribution in [3.63, 3.8) is 0 Å². The van der Waals surface area contributed by atoms with Crippen LogP contribution < -0.4 is 0 Å². The van der Waals surface area contributed by atoms with E-state index in [-0.39, 0.29) is 4.75 Å². The third-order valence-corrected chi connectivity index (χ3v) is 3.80. The summed E-state index contributed by atoms with van der Waals surface area (Å²) in [4.78, 5) is 4.25. The monoisotopic (exact) mass is 264 g/mol. The summed E-state index contributed by atoms with van der Waals surface area (Å²) >= 11 is 0. The Morgan fingerprint density at radius 2 is 2.11 bits per heavy atom. The van der Waals surface area contributed by atoms with Gasteiger partial charge in [0.05, 0.1) is 34.6 Å². The van der Waals surface area contributed by atoms with Crippen molar-refractivity contribution in [1.29, 1.82) is 0 Å². The van der Waals surface area contributed by atoms with Crippen LogP contribution in [-0.2, 0) is 18.0 Å². The first kappa shape index (κ1) is 12.9. The molecule has 96 valence electrons. The van der Waals surface area contributed by atoms with Crippen LogP contribution in [0, 0.1) is 0 Å². The Labute approximate surface area is 109 Å². The molecule has 6 heteroatoms. The van der Waals surface area contributed by atoms with E-state index in [0.29, 0.717) is 5.69 Å². The fraction of sp³-hybridized carbons (Fsp3) is 0.417. The predicted molar refractivity (Wildman–Crippen MR) is 74.0 cm³/mol. The van der Waals surface area contributed by atoms with E-state index in [4.69, 9.17) is 0 Å². The van der Waals surface area contributed by atoms with Crippen molar-refractivity contribution < 1.29 is 4.21 Å². The van der Waals surface area contributed by atoms with Gasteiger partial charge in [0.25, 0.3) is 0 Å². The third kappa shape index (κ3) is 2.64. The first-order valence-electron chi connectivity index (χ1n) is 5.62. The lowest BCUT2D eigenvalue weighted by Gasteiger charge is -2.12. The molecule has 0 unspecified atom stereocenters. The van der Waals surface area contributed by atoms with Crippen LogP contribution in [0.3, 0.4) is 0 Å². The maximum absolute atomic E-state index is 11.8. The van der Waals surface area contributed by atoms with Crippen LogP contribution in [0.4, 0.5) is 0 Å². The third-order valence-electron chi connectivity index (χ3n) is 2.46. The zero-order chi connectivity index (χ0) is 13.3. The van der Waals surface area contributed by atoms with E-state index >= 15 is 0 Å². The molecule has 0 aromatic carbocycles. The molecule has 0 spiro atoms. The highest BCUT2D eigenvalue weighted by molar-refractivity contribution is 7.85. The van der Waals surface area contributed by atoms with Gasteiger partial charge in [-0.15, -0.1) is 0 Å². The molecule has 1 atom stereocenters. The van der Waals surface area contributed by atoms with Crippen LogP contribution in [-0.4, -0.2) is 29.9 Å². The van der Waals surface area contributed by atoms with Gasteiger partial charge in [-0.1, -0.05) is 0 Å². The first-order chi connectivity index (χ1) is 8.38. The maximum Gasteiger partial charge on any atom is 0.144 e. The number of aryl methyl sites for hydroxylation is 1. The highest BCUT2D eigenvalue weighted by atomic mass is 32.2. The molecule has 0 aliphatic rings. The number of hydrogen-bond acceptors (Lipinski definition) is 3. The van der Waals surface area contributed by atoms with Crippen molar-refractivity contribution in [2.75, 3.05) is 0 Å². The van der Waals surface area contributed by atoms with Gasteiger partial charge in [-0.25, -0.2) is 4.21 Å². The zero-order valence-electron chi connectivity index (χ0n) is 10.9. The second kappa shape index (κ2) is 4.61. The van der Waals surface area contributed by atoms with Crippen LogP contribution in [0.15, 0.2) is 22.9 Å². The van der Waals surface area contributed by atoms with Crippen LogP contribution in [0.2, 0.25) is 0 Å². The Morgan fingerprint density at radius 1 is 1.39 bits per heavy atom. The summed E-state index contributed by atoms with van der Waals surface area (Å²) in [6.45, 7) is 5.66. The van der Waals surface area contributed by atoms with Gasteiger partial charge in [-0.2, -0.15) is 9.50 Å². The van der Waals surface area contributed by atoms with Gasteiger partial charge in [0.2, 0.25) is 0 Å². The quantitative estimate of drug-likeness (QED) is 0.778. The molecule has 2 heterocycles. The maximum atomic E-state index is 11.8. The van der Waals surface area contributed by atoms with E-state index in [0.717, 1.165) is 10.9 Å². The van der Waals surface area contributed by atoms with Crippen molar-refractivity contribution in [2.24, 2.45) is 11.4 Å². The molecule has 0 N–H and O–H groups in total. The summed E-state index contributed by atoms with van der Waals surface area (Å²) in [6, 6.07) is 1.88. The van der Waals surface area contributed by atoms with E-state index in [2.05, 4.69) is 14.5 Å². The zero-order valence-corrected chi connectivity index (χ0v) is 11.7. The second-order valence-electron chi connectivity index (χ2n) is 5.03. The van der Waals surface area contributed by atoms with Gasteiger partial charge in [0.15, 0.2) is 0 Å². The van der Waals surface area contributed by atoms with Gasteiger partial charge in [-0.3, -0.25) is 9.67 Å². The van der Waals surface area contributed by atoms with E-state index < -0.39 is 11.0 Å². The standard InChI is InChI=1S/C12H16N4OS/c1-12(2,3)18(17)15-7-10-5-9-6-14-16(4)11(9)8-13-10/h5-8H,1-4H3/t18-/m1/s1. The lowest BCUT2D eigenvalue weighted by molar-refractivity contribution is 0.651. The Hall–Kier alpha value is -1.56. The van der Waals surface area contributed by atoms with Crippen LogP contribution in [0.25, 0.3) is 10.9 Å². The summed E-state index contributed by atoms with van der Waals surface area (Å²) < 4.78 is 17.2. The minimum atomic E-state index is -1.26. The normalized spacial score (nSPS) is 14.4. The summed E-state index contributed by atoms with van der Waals surface area (Å²) in [5.74, 6) is 0. The molecule has 5 nitrogen and oxygen atoms in total. The lowest BCUT2D eigenvalue weighted by Crippen LogP contribution is -2.19. The number of pyridine rings is 1. The molecule has 2 aromatic heterocycles. The van der Waals surface area contributed by atoms with E-state index in [1.165, 1.54) is 0 Å². The van der Waals surface area contributed by atoms with Crippen molar-refractivity contribution in [2.45, 2.75) is 25.5 Å². The fourth-order valence-electron chi connectivity index (χ4n) is 1.40. The summed E-state index contributed by atoms with van der Waals surface area (Å²) in [5.41, 5.74) is 1.65. The van der Waals surface area contributed by atoms with Crippen molar-refractivity contribution in [1.82, 2.24) is 14.8 Å². The van der Waals surface area contributed by atoms with Crippen LogP contribution in [0.5, 0.6) is 0 Å². The van der Waals surface area contributed by atoms with Crippen molar-refractivity contribution >= 4 is 28.1 Å². The minimum Gasteiger partial charge on any atom is -0.266 e. The molecule has 0 fully saturated rings. The van der Waals surface area contributed by atoms with Crippen molar-refractivity contribution in [3.05, 3.63) is 24.2 Å². The summed E-state index contributed by atoms with van der Waals surface area (Å²) in [7, 11) is 0.610. The van der Waals surface area contributed by atoms with Gasteiger partial charge in [0, 0.05) is 12.4 Å². The molecule has 2 rings (SSSR count). The molecule has 0 bridgehead atoms. The lowest BCUT2D eigenvalue weighted by atomic mass is 10.3. The smallest absolute Gasteiger partial charge is 0.144 e. The Balaban J connectivity index is 2.27. The molecule has 18 heavy (non-hydrogen) atoms. The molecule has 0 amide bonds. The fourth-order valence-corrected chi connectivity index (χ4v) is 1.92. The van der Waals surface area contributed by atoms with Gasteiger partial charge in [0.1, 0.15) is 11.0 Å². The molecular formula is C12H16N4OS. The number of aromatic nitrogens is 3. The number of fused-ring (bicyclic) bond motifs is 1. The number of nitrogens with zero attached hydrogens (tertiary/aromatic N) is 4. The molecule has 0 aliphatic carbocycles. The number of hydrogen-bond donors (Lipinski definition) is 0. The minimum absolute atomic E-state index is 0.352. The van der Waals surface area contributed by atoms with Crippen LogP contribution in [0.1, 0.15) is 26.5 Å². The Bertz CT molecular complexity index is 625. The van der Waals surface area contributed by atoms with Gasteiger partial charge >= 0.3 is 0 Å². The van der Waals surface area contributed by atoms with E-state index in [1.54, 1.807) is 23.3 Å². The summed E-state index contributed by atoms with van der Waals surface area (Å²) in [5, 5.41) is 5.14. The first-order valence-corrected chi connectivity index (χ1v) is 6.72. The molecule has 0 saturated carbocycles. The average molecular weight is 264 g/mol. The predicted octanol–water partition coefficient (Wildman–Crippen LogP) is 1.85. The SMILES string of the molecule is Cn1ncc2cc(C=N[S@](=O)C(C)(C)C)ncc21. The highest BCUT2D eigenvalue weighted by Gasteiger charge is 2.18. The summed E-state index contributed by atoms with van der Waals surface area (Å²) in [6.07, 6.45) is 5.06. The average Bonchev–Trinajstić information content (AvgIpc) is 2.66. The van der Waals surface area contributed by atoms with Crippen LogP contribution >= 0.6 is 0 Å². The molecular weight excluding hydrogens is 248 g/mol. The van der Waals surface area contributed by atoms with E-state index in [9.17, 15) is 4.21 Å². The molecule has 0 aliphatic heterocycles. The van der Waals surface area contributed by atoms with Gasteiger partial charge < -0.3 is 0 Å². The largest absolute Gasteiger partial charge is 0.266 e. The second-order valence-corrected chi connectivity index (χ2v) is 6.97. The Morgan fingerprint density at radius 3 is 2.78 bits per heavy atom. The number of rotatable bonds is 2. The Kier molecular flexibility index (Phi) is 3.30.